The predicted octanol–water partition coefficient (Wildman–Crippen LogP) is 1.34. The summed E-state index contributed by atoms with van der Waals surface area (Å²) in [6.45, 7) is 0.398. The van der Waals surface area contributed by atoms with Gasteiger partial charge >= 0.3 is 0 Å². The van der Waals surface area contributed by atoms with Crippen molar-refractivity contribution < 1.29 is 0 Å². The topological polar surface area (TPSA) is 36.8 Å². The summed E-state index contributed by atoms with van der Waals surface area (Å²) < 4.78 is 0. The second-order valence-corrected chi connectivity index (χ2v) is 2.79. The number of aliphatic imine (C=N–C) groups is 2. The van der Waals surface area contributed by atoms with Crippen molar-refractivity contribution in [1.29, 1.82) is 0 Å². The van der Waals surface area contributed by atoms with Crippen LogP contribution in [0.1, 0.15) is 0 Å². The third-order valence-electron chi connectivity index (χ3n) is 0.850. The van der Waals surface area contributed by atoms with Gasteiger partial charge in [-0.2, -0.15) is 0 Å². The summed E-state index contributed by atoms with van der Waals surface area (Å²) in [5.41, 5.74) is -0.535. The van der Waals surface area contributed by atoms with Gasteiger partial charge in [0.05, 0.1) is 6.54 Å². The van der Waals surface area contributed by atoms with Gasteiger partial charge in [0, 0.05) is 0 Å². The lowest BCUT2D eigenvalue weighted by molar-refractivity contribution is 0.742. The summed E-state index contributed by atoms with van der Waals surface area (Å²) in [4.78, 5) is 7.37. The lowest BCUT2D eigenvalue weighted by Crippen LogP contribution is -2.24. The Morgan fingerprint density at radius 1 is 1.50 bits per heavy atom. The van der Waals surface area contributed by atoms with Crippen LogP contribution in [0.3, 0.4) is 0 Å². The van der Waals surface area contributed by atoms with Gasteiger partial charge in [-0.1, -0.05) is 23.2 Å². The maximum absolute atomic E-state index is 5.57. The molecule has 0 saturated heterocycles. The summed E-state index contributed by atoms with van der Waals surface area (Å²) in [6.07, 6.45) is 0. The van der Waals surface area contributed by atoms with Crippen molar-refractivity contribution in [2.75, 3.05) is 6.54 Å². The molecule has 0 amide bonds. The molecule has 1 N–H and O–H groups in total. The van der Waals surface area contributed by atoms with E-state index in [1.54, 1.807) is 0 Å². The van der Waals surface area contributed by atoms with Crippen LogP contribution in [0.5, 0.6) is 0 Å². The molecule has 1 rings (SSSR count). The highest BCUT2D eigenvalue weighted by molar-refractivity contribution is 6.72. The Morgan fingerprint density at radius 3 is 2.90 bits per heavy atom. The molecule has 0 fully saturated rings. The van der Waals surface area contributed by atoms with E-state index in [4.69, 9.17) is 34.8 Å². The van der Waals surface area contributed by atoms with Crippen molar-refractivity contribution in [2.24, 2.45) is 9.98 Å². The number of nitrogens with zero attached hydrogens (tertiary/aromatic N) is 2. The molecular formula is C4H4Cl3N3. The van der Waals surface area contributed by atoms with Gasteiger partial charge in [0.15, 0.2) is 5.62 Å². The van der Waals surface area contributed by atoms with Gasteiger partial charge in [0.25, 0.3) is 0 Å². The van der Waals surface area contributed by atoms with Gasteiger partial charge in [-0.05, 0) is 11.6 Å². The monoisotopic (exact) mass is 199 g/mol. The number of hydrogen-bond donors (Lipinski definition) is 1. The zero-order chi connectivity index (χ0) is 7.56. The zero-order valence-electron chi connectivity index (χ0n) is 4.81. The van der Waals surface area contributed by atoms with Gasteiger partial charge in [-0.15, -0.1) is 0 Å². The van der Waals surface area contributed by atoms with Crippen LogP contribution in [0.25, 0.3) is 0 Å². The standard InChI is InChI=1S/C4H4Cl3N3/c5-2-1-8-3(6)10-4(7)9-2/h3,8H,1H2. The van der Waals surface area contributed by atoms with Crippen LogP contribution in [0.15, 0.2) is 9.98 Å². The van der Waals surface area contributed by atoms with E-state index >= 15 is 0 Å². The van der Waals surface area contributed by atoms with Crippen molar-refractivity contribution >= 4 is 45.3 Å². The zero-order valence-corrected chi connectivity index (χ0v) is 7.08. The first-order valence-electron chi connectivity index (χ1n) is 2.52. The third kappa shape index (κ3) is 2.42. The van der Waals surface area contributed by atoms with Crippen LogP contribution in [0, 0.1) is 0 Å². The maximum Gasteiger partial charge on any atom is 0.221 e. The minimum Gasteiger partial charge on any atom is -0.276 e. The molecule has 10 heavy (non-hydrogen) atoms. The summed E-state index contributed by atoms with van der Waals surface area (Å²) in [7, 11) is 0. The van der Waals surface area contributed by atoms with E-state index in [1.165, 1.54) is 0 Å². The van der Waals surface area contributed by atoms with Crippen LogP contribution in [0.2, 0.25) is 0 Å². The van der Waals surface area contributed by atoms with Crippen molar-refractivity contribution in [2.45, 2.75) is 5.62 Å². The first-order chi connectivity index (χ1) is 4.68. The van der Waals surface area contributed by atoms with Crippen LogP contribution in [-0.4, -0.2) is 22.6 Å². The number of halogens is 3. The smallest absolute Gasteiger partial charge is 0.221 e. The highest BCUT2D eigenvalue weighted by Crippen LogP contribution is 2.03. The van der Waals surface area contributed by atoms with Crippen LogP contribution >= 0.6 is 34.8 Å². The van der Waals surface area contributed by atoms with Crippen LogP contribution in [0.4, 0.5) is 0 Å². The molecule has 0 spiro atoms. The molecule has 0 saturated carbocycles. The molecule has 1 aliphatic heterocycles. The molecule has 56 valence electrons. The molecule has 3 nitrogen and oxygen atoms in total. The Labute approximate surface area is 73.1 Å². The molecule has 0 radical (unpaired) electrons. The lowest BCUT2D eigenvalue weighted by Gasteiger charge is -2.00. The SMILES string of the molecule is ClC1=NC(Cl)=NC(Cl)NC1. The Kier molecular flexibility index (Phi) is 2.92. The van der Waals surface area contributed by atoms with Gasteiger partial charge in [0.2, 0.25) is 5.29 Å². The van der Waals surface area contributed by atoms with E-state index in [0.717, 1.165) is 0 Å². The Bertz CT molecular complexity index is 188. The largest absolute Gasteiger partial charge is 0.276 e. The molecule has 0 aliphatic carbocycles. The predicted molar refractivity (Wildman–Crippen MR) is 44.2 cm³/mol. The fourth-order valence-electron chi connectivity index (χ4n) is 0.476. The summed E-state index contributed by atoms with van der Waals surface area (Å²) in [6, 6.07) is 0. The van der Waals surface area contributed by atoms with Crippen molar-refractivity contribution in [3.8, 4) is 0 Å². The van der Waals surface area contributed by atoms with E-state index < -0.39 is 5.62 Å². The Morgan fingerprint density at radius 2 is 2.20 bits per heavy atom. The quantitative estimate of drug-likeness (QED) is 0.465. The fourth-order valence-corrected chi connectivity index (χ4v) is 1.10. The Balaban J connectivity index is 2.72. The summed E-state index contributed by atoms with van der Waals surface area (Å²) in [5, 5.41) is 3.19. The first kappa shape index (κ1) is 8.27. The summed E-state index contributed by atoms with van der Waals surface area (Å²) in [5.74, 6) is 0. The first-order valence-corrected chi connectivity index (χ1v) is 3.71. The normalized spacial score (nSPS) is 26.9. The fraction of sp³-hybridized carbons (Fsp3) is 0.500. The number of amidine groups is 1. The maximum atomic E-state index is 5.57. The van der Waals surface area contributed by atoms with E-state index in [0.29, 0.717) is 11.7 Å². The van der Waals surface area contributed by atoms with E-state index in [9.17, 15) is 0 Å². The number of hydrogen-bond acceptors (Lipinski definition) is 3. The van der Waals surface area contributed by atoms with Gasteiger partial charge in [-0.25, -0.2) is 9.98 Å². The molecule has 1 heterocycles. The average Bonchev–Trinajstić information content (AvgIpc) is 1.93. The molecular weight excluding hydrogens is 196 g/mol. The second-order valence-electron chi connectivity index (χ2n) is 1.60. The molecule has 0 aromatic rings. The molecule has 1 aliphatic rings. The third-order valence-corrected chi connectivity index (χ3v) is 1.50. The van der Waals surface area contributed by atoms with E-state index in [1.807, 2.05) is 0 Å². The lowest BCUT2D eigenvalue weighted by atomic mass is 10.7. The minimum atomic E-state index is -0.535. The molecule has 0 bridgehead atoms. The van der Waals surface area contributed by atoms with Crippen LogP contribution in [-0.2, 0) is 0 Å². The van der Waals surface area contributed by atoms with Crippen molar-refractivity contribution in [3.05, 3.63) is 0 Å². The number of alkyl halides is 1. The average molecular weight is 200 g/mol. The minimum absolute atomic E-state index is 0.0787. The van der Waals surface area contributed by atoms with Gasteiger partial charge in [-0.3, -0.25) is 5.32 Å². The molecule has 0 aromatic heterocycles. The van der Waals surface area contributed by atoms with Gasteiger partial charge in [0.1, 0.15) is 5.17 Å². The molecule has 6 heteroatoms. The molecule has 0 aromatic carbocycles. The molecule has 1 atom stereocenters. The van der Waals surface area contributed by atoms with Crippen molar-refractivity contribution in [3.63, 3.8) is 0 Å². The second kappa shape index (κ2) is 3.53. The number of nitrogens with one attached hydrogen (secondary N) is 1. The summed E-state index contributed by atoms with van der Waals surface area (Å²) >= 11 is 16.6. The Hall–Kier alpha value is 0.170. The molecule has 1 unspecified atom stereocenters. The highest BCUT2D eigenvalue weighted by Gasteiger charge is 2.08. The van der Waals surface area contributed by atoms with Gasteiger partial charge < -0.3 is 0 Å². The van der Waals surface area contributed by atoms with Crippen LogP contribution < -0.4 is 5.32 Å². The van der Waals surface area contributed by atoms with Crippen molar-refractivity contribution in [1.82, 2.24) is 5.32 Å². The van der Waals surface area contributed by atoms with E-state index in [-0.39, 0.29) is 5.29 Å². The van der Waals surface area contributed by atoms with E-state index in [2.05, 4.69) is 15.3 Å². The highest BCUT2D eigenvalue weighted by atomic mass is 35.5. The number of rotatable bonds is 0.